The van der Waals surface area contributed by atoms with Crippen molar-refractivity contribution in [1.29, 1.82) is 0 Å². The molecule has 80 valence electrons. The lowest BCUT2D eigenvalue weighted by atomic mass is 10.1. The van der Waals surface area contributed by atoms with Crippen LogP contribution >= 0.6 is 0 Å². The number of aliphatic imine (C=N–C) groups is 1. The number of benzene rings is 1. The first-order valence-electron chi connectivity index (χ1n) is 5.28. The van der Waals surface area contributed by atoms with Gasteiger partial charge in [-0.05, 0) is 19.7 Å². The third-order valence-electron chi connectivity index (χ3n) is 2.43. The Morgan fingerprint density at radius 2 is 2.13 bits per heavy atom. The third-order valence-corrected chi connectivity index (χ3v) is 2.43. The van der Waals surface area contributed by atoms with Gasteiger partial charge >= 0.3 is 0 Å². The van der Waals surface area contributed by atoms with Crippen LogP contribution in [0.15, 0.2) is 29.3 Å². The van der Waals surface area contributed by atoms with Gasteiger partial charge in [-0.3, -0.25) is 4.99 Å². The van der Waals surface area contributed by atoms with E-state index in [9.17, 15) is 0 Å². The van der Waals surface area contributed by atoms with Gasteiger partial charge in [0.2, 0.25) is 0 Å². The van der Waals surface area contributed by atoms with E-state index in [2.05, 4.69) is 53.6 Å². The van der Waals surface area contributed by atoms with Crippen LogP contribution in [0.4, 0.5) is 0 Å². The van der Waals surface area contributed by atoms with Crippen molar-refractivity contribution in [3.8, 4) is 0 Å². The first-order chi connectivity index (χ1) is 7.27. The summed E-state index contributed by atoms with van der Waals surface area (Å²) >= 11 is 0. The minimum Gasteiger partial charge on any atom is -0.368 e. The summed E-state index contributed by atoms with van der Waals surface area (Å²) in [6.07, 6.45) is 0. The minimum absolute atomic E-state index is 0.894. The zero-order chi connectivity index (χ0) is 10.7. The summed E-state index contributed by atoms with van der Waals surface area (Å²) in [5.41, 5.74) is 2.57. The van der Waals surface area contributed by atoms with Crippen molar-refractivity contribution in [3.63, 3.8) is 0 Å². The van der Waals surface area contributed by atoms with E-state index in [1.165, 1.54) is 11.1 Å². The number of amidine groups is 1. The normalized spacial score (nSPS) is 15.3. The molecule has 0 unspecified atom stereocenters. The fourth-order valence-corrected chi connectivity index (χ4v) is 1.81. The Morgan fingerprint density at radius 1 is 1.33 bits per heavy atom. The van der Waals surface area contributed by atoms with E-state index in [-0.39, 0.29) is 0 Å². The summed E-state index contributed by atoms with van der Waals surface area (Å²) in [5.74, 6) is 1.05. The third kappa shape index (κ3) is 2.36. The molecule has 3 heteroatoms. The van der Waals surface area contributed by atoms with Gasteiger partial charge in [0.05, 0.1) is 6.54 Å². The second kappa shape index (κ2) is 4.45. The average molecular weight is 203 g/mol. The molecule has 0 fully saturated rings. The van der Waals surface area contributed by atoms with E-state index in [0.717, 1.165) is 25.5 Å². The topological polar surface area (TPSA) is 27.6 Å². The molecule has 0 amide bonds. The zero-order valence-electron chi connectivity index (χ0n) is 9.33. The van der Waals surface area contributed by atoms with Crippen LogP contribution in [0.1, 0.15) is 11.1 Å². The largest absolute Gasteiger partial charge is 0.368 e. The van der Waals surface area contributed by atoms with Gasteiger partial charge in [0.1, 0.15) is 5.84 Å². The van der Waals surface area contributed by atoms with Crippen LogP contribution in [-0.4, -0.2) is 37.9 Å². The second-order valence-electron chi connectivity index (χ2n) is 4.05. The predicted octanol–water partition coefficient (Wildman–Crippen LogP) is 1.10. The molecular formula is C12H17N3. The highest BCUT2D eigenvalue weighted by atomic mass is 15.1. The summed E-state index contributed by atoms with van der Waals surface area (Å²) in [7, 11) is 4.17. The molecule has 0 atom stereocenters. The van der Waals surface area contributed by atoms with Crippen molar-refractivity contribution in [2.75, 3.05) is 27.2 Å². The molecule has 15 heavy (non-hydrogen) atoms. The lowest BCUT2D eigenvalue weighted by molar-refractivity contribution is 0.402. The molecule has 1 aliphatic rings. The van der Waals surface area contributed by atoms with Gasteiger partial charge in [-0.2, -0.15) is 0 Å². The van der Waals surface area contributed by atoms with Crippen LogP contribution in [0, 0.1) is 0 Å². The first kappa shape index (κ1) is 10.2. The average Bonchev–Trinajstić information content (AvgIpc) is 2.70. The molecule has 0 aliphatic carbocycles. The first-order valence-corrected chi connectivity index (χ1v) is 5.28. The lowest BCUT2D eigenvalue weighted by Crippen LogP contribution is -2.22. The van der Waals surface area contributed by atoms with Crippen LogP contribution in [0.5, 0.6) is 0 Å². The maximum Gasteiger partial charge on any atom is 0.128 e. The summed E-state index contributed by atoms with van der Waals surface area (Å²) in [4.78, 5) is 6.64. The smallest absolute Gasteiger partial charge is 0.128 e. The molecule has 0 radical (unpaired) electrons. The Kier molecular flexibility index (Phi) is 3.02. The molecule has 0 bridgehead atoms. The summed E-state index contributed by atoms with van der Waals surface area (Å²) < 4.78 is 0. The molecule has 0 saturated carbocycles. The molecule has 0 saturated heterocycles. The minimum atomic E-state index is 0.894. The molecule has 1 N–H and O–H groups in total. The van der Waals surface area contributed by atoms with Gasteiger partial charge < -0.3 is 10.2 Å². The van der Waals surface area contributed by atoms with Crippen molar-refractivity contribution in [2.24, 2.45) is 4.99 Å². The summed E-state index contributed by atoms with van der Waals surface area (Å²) in [6, 6.07) is 8.45. The van der Waals surface area contributed by atoms with E-state index in [0.29, 0.717) is 0 Å². The lowest BCUT2D eigenvalue weighted by Gasteiger charge is -2.14. The molecule has 1 aromatic carbocycles. The van der Waals surface area contributed by atoms with Crippen LogP contribution in [0.25, 0.3) is 0 Å². The molecule has 2 rings (SSSR count). The molecule has 1 aromatic rings. The predicted molar refractivity (Wildman–Crippen MR) is 63.2 cm³/mol. The Hall–Kier alpha value is -1.35. The van der Waals surface area contributed by atoms with Gasteiger partial charge in [0.15, 0.2) is 0 Å². The van der Waals surface area contributed by atoms with Crippen LogP contribution in [-0.2, 0) is 6.54 Å². The van der Waals surface area contributed by atoms with Gasteiger partial charge in [-0.25, -0.2) is 0 Å². The standard InChI is InChI=1S/C12H17N3/c1-15(2)9-10-5-3-4-6-11(10)12-13-7-8-14-12/h3-6H,7-9H2,1-2H3,(H,13,14). The van der Waals surface area contributed by atoms with E-state index < -0.39 is 0 Å². The molecule has 0 spiro atoms. The molecule has 3 nitrogen and oxygen atoms in total. The Labute approximate surface area is 90.8 Å². The Balaban J connectivity index is 2.29. The maximum atomic E-state index is 4.46. The zero-order valence-corrected chi connectivity index (χ0v) is 9.33. The van der Waals surface area contributed by atoms with Crippen molar-refractivity contribution in [1.82, 2.24) is 10.2 Å². The quantitative estimate of drug-likeness (QED) is 0.796. The monoisotopic (exact) mass is 203 g/mol. The summed E-state index contributed by atoms with van der Waals surface area (Å²) in [6.45, 7) is 2.81. The molecule has 1 aliphatic heterocycles. The van der Waals surface area contributed by atoms with Crippen molar-refractivity contribution in [2.45, 2.75) is 6.54 Å². The summed E-state index contributed by atoms with van der Waals surface area (Å²) in [5, 5.41) is 3.32. The SMILES string of the molecule is CN(C)Cc1ccccc1C1=NCCN1. The number of nitrogens with zero attached hydrogens (tertiary/aromatic N) is 2. The molecule has 0 aromatic heterocycles. The van der Waals surface area contributed by atoms with Crippen LogP contribution in [0.3, 0.4) is 0 Å². The van der Waals surface area contributed by atoms with Gasteiger partial charge in [0, 0.05) is 18.7 Å². The Bertz CT molecular complexity index is 369. The second-order valence-corrected chi connectivity index (χ2v) is 4.05. The number of hydrogen-bond donors (Lipinski definition) is 1. The number of rotatable bonds is 3. The van der Waals surface area contributed by atoms with E-state index in [1.54, 1.807) is 0 Å². The highest BCUT2D eigenvalue weighted by Crippen LogP contribution is 2.12. The maximum absolute atomic E-state index is 4.46. The number of nitrogens with one attached hydrogen (secondary N) is 1. The van der Waals surface area contributed by atoms with Gasteiger partial charge in [0.25, 0.3) is 0 Å². The van der Waals surface area contributed by atoms with Crippen molar-refractivity contribution in [3.05, 3.63) is 35.4 Å². The Morgan fingerprint density at radius 3 is 2.80 bits per heavy atom. The fraction of sp³-hybridized carbons (Fsp3) is 0.417. The van der Waals surface area contributed by atoms with Crippen LogP contribution < -0.4 is 5.32 Å². The highest BCUT2D eigenvalue weighted by molar-refractivity contribution is 6.00. The number of hydrogen-bond acceptors (Lipinski definition) is 3. The van der Waals surface area contributed by atoms with E-state index in [4.69, 9.17) is 0 Å². The van der Waals surface area contributed by atoms with Crippen molar-refractivity contribution < 1.29 is 0 Å². The van der Waals surface area contributed by atoms with Gasteiger partial charge in [-0.15, -0.1) is 0 Å². The molecular weight excluding hydrogens is 186 g/mol. The van der Waals surface area contributed by atoms with Gasteiger partial charge in [-0.1, -0.05) is 24.3 Å². The highest BCUT2D eigenvalue weighted by Gasteiger charge is 2.11. The van der Waals surface area contributed by atoms with Crippen molar-refractivity contribution >= 4 is 5.84 Å². The molecule has 1 heterocycles. The van der Waals surface area contributed by atoms with E-state index in [1.807, 2.05) is 0 Å². The van der Waals surface area contributed by atoms with Crippen LogP contribution in [0.2, 0.25) is 0 Å². The van der Waals surface area contributed by atoms with E-state index >= 15 is 0 Å². The fourth-order valence-electron chi connectivity index (χ4n) is 1.81.